The highest BCUT2D eigenvalue weighted by Crippen LogP contribution is 2.13. The summed E-state index contributed by atoms with van der Waals surface area (Å²) < 4.78 is 0. The van der Waals surface area contributed by atoms with Crippen LogP contribution in [0, 0.1) is 6.92 Å². The highest BCUT2D eigenvalue weighted by molar-refractivity contribution is 5.50. The van der Waals surface area contributed by atoms with Crippen LogP contribution in [-0.4, -0.2) is 15.0 Å². The first-order valence-corrected chi connectivity index (χ1v) is 4.96. The van der Waals surface area contributed by atoms with Gasteiger partial charge in [0.05, 0.1) is 24.1 Å². The minimum atomic E-state index is 0.624. The van der Waals surface area contributed by atoms with Crippen LogP contribution < -0.4 is 11.1 Å². The molecule has 5 heteroatoms. The van der Waals surface area contributed by atoms with Crippen molar-refractivity contribution >= 4 is 11.5 Å². The van der Waals surface area contributed by atoms with Crippen molar-refractivity contribution in [2.45, 2.75) is 13.5 Å². The van der Waals surface area contributed by atoms with Crippen molar-refractivity contribution in [3.8, 4) is 0 Å². The number of nitrogens with two attached hydrogens (primary N) is 1. The lowest BCUT2D eigenvalue weighted by molar-refractivity contribution is 0.996. The molecule has 0 spiro atoms. The maximum absolute atomic E-state index is 5.69. The lowest BCUT2D eigenvalue weighted by atomic mass is 10.2. The molecule has 0 saturated heterocycles. The second-order valence-electron chi connectivity index (χ2n) is 3.48. The Hall–Kier alpha value is -2.17. The van der Waals surface area contributed by atoms with Gasteiger partial charge in [0.2, 0.25) is 0 Å². The molecule has 0 aliphatic heterocycles. The van der Waals surface area contributed by atoms with Crippen LogP contribution in [0.3, 0.4) is 0 Å². The molecule has 2 heterocycles. The Bertz CT molecular complexity index is 469. The Kier molecular flexibility index (Phi) is 2.95. The molecule has 0 radical (unpaired) electrons. The van der Waals surface area contributed by atoms with Crippen molar-refractivity contribution < 1.29 is 0 Å². The summed E-state index contributed by atoms with van der Waals surface area (Å²) in [5, 5.41) is 3.17. The third-order valence-corrected chi connectivity index (χ3v) is 2.25. The van der Waals surface area contributed by atoms with E-state index in [4.69, 9.17) is 5.73 Å². The summed E-state index contributed by atoms with van der Waals surface area (Å²) in [5.74, 6) is 0.797. The zero-order valence-corrected chi connectivity index (χ0v) is 9.01. The number of hydrogen-bond acceptors (Lipinski definition) is 5. The first-order valence-electron chi connectivity index (χ1n) is 4.96. The average molecular weight is 215 g/mol. The Labute approximate surface area is 93.8 Å². The van der Waals surface area contributed by atoms with Gasteiger partial charge in [-0.15, -0.1) is 0 Å². The van der Waals surface area contributed by atoms with E-state index >= 15 is 0 Å². The Morgan fingerprint density at radius 3 is 2.94 bits per heavy atom. The number of rotatable bonds is 3. The van der Waals surface area contributed by atoms with E-state index in [1.165, 1.54) is 6.33 Å². The van der Waals surface area contributed by atoms with Crippen LogP contribution in [0.1, 0.15) is 11.3 Å². The largest absolute Gasteiger partial charge is 0.397 e. The molecule has 16 heavy (non-hydrogen) atoms. The van der Waals surface area contributed by atoms with Crippen LogP contribution in [0.5, 0.6) is 0 Å². The minimum absolute atomic E-state index is 0.624. The molecule has 2 aromatic rings. The number of pyridine rings is 1. The highest BCUT2D eigenvalue weighted by Gasteiger charge is 1.98. The zero-order chi connectivity index (χ0) is 11.4. The van der Waals surface area contributed by atoms with Crippen molar-refractivity contribution in [1.82, 2.24) is 15.0 Å². The summed E-state index contributed by atoms with van der Waals surface area (Å²) >= 11 is 0. The van der Waals surface area contributed by atoms with Gasteiger partial charge in [-0.25, -0.2) is 15.0 Å². The summed E-state index contributed by atoms with van der Waals surface area (Å²) in [5.41, 5.74) is 8.32. The molecular weight excluding hydrogens is 202 g/mol. The zero-order valence-electron chi connectivity index (χ0n) is 9.01. The van der Waals surface area contributed by atoms with E-state index in [2.05, 4.69) is 20.3 Å². The van der Waals surface area contributed by atoms with E-state index in [1.54, 1.807) is 12.4 Å². The highest BCUT2D eigenvalue weighted by atomic mass is 15.0. The number of hydrogen-bond donors (Lipinski definition) is 2. The molecule has 82 valence electrons. The molecule has 0 bridgehead atoms. The number of aromatic nitrogens is 3. The predicted octanol–water partition coefficient (Wildman–Crippen LogP) is 1.37. The van der Waals surface area contributed by atoms with Gasteiger partial charge in [-0.2, -0.15) is 0 Å². The third kappa shape index (κ3) is 2.44. The van der Waals surface area contributed by atoms with Crippen molar-refractivity contribution in [3.63, 3.8) is 0 Å². The predicted molar refractivity (Wildman–Crippen MR) is 62.7 cm³/mol. The fourth-order valence-corrected chi connectivity index (χ4v) is 1.27. The van der Waals surface area contributed by atoms with Gasteiger partial charge in [0.15, 0.2) is 0 Å². The SMILES string of the molecule is Cc1cc(NCc2ccncn2)ncc1N. The first kappa shape index (κ1) is 10.4. The number of nitrogens with zero attached hydrogens (tertiary/aromatic N) is 3. The second-order valence-corrected chi connectivity index (χ2v) is 3.48. The van der Waals surface area contributed by atoms with Crippen molar-refractivity contribution in [3.05, 3.63) is 42.1 Å². The fourth-order valence-electron chi connectivity index (χ4n) is 1.27. The smallest absolute Gasteiger partial charge is 0.126 e. The van der Waals surface area contributed by atoms with Crippen LogP contribution in [-0.2, 0) is 6.54 Å². The third-order valence-electron chi connectivity index (χ3n) is 2.25. The molecule has 0 amide bonds. The van der Waals surface area contributed by atoms with Crippen LogP contribution in [0.2, 0.25) is 0 Å². The lowest BCUT2D eigenvalue weighted by Crippen LogP contribution is -2.04. The maximum Gasteiger partial charge on any atom is 0.126 e. The molecular formula is C11H13N5. The lowest BCUT2D eigenvalue weighted by Gasteiger charge is -2.06. The van der Waals surface area contributed by atoms with Gasteiger partial charge in [-0.3, -0.25) is 0 Å². The Balaban J connectivity index is 2.03. The molecule has 0 aliphatic carbocycles. The van der Waals surface area contributed by atoms with Gasteiger partial charge in [-0.05, 0) is 24.6 Å². The van der Waals surface area contributed by atoms with Crippen LogP contribution in [0.25, 0.3) is 0 Å². The van der Waals surface area contributed by atoms with E-state index in [0.717, 1.165) is 17.1 Å². The van der Waals surface area contributed by atoms with E-state index < -0.39 is 0 Å². The molecule has 5 nitrogen and oxygen atoms in total. The van der Waals surface area contributed by atoms with Gasteiger partial charge < -0.3 is 11.1 Å². The van der Waals surface area contributed by atoms with E-state index in [9.17, 15) is 0 Å². The number of aryl methyl sites for hydroxylation is 1. The summed E-state index contributed by atoms with van der Waals surface area (Å²) in [6.07, 6.45) is 4.89. The van der Waals surface area contributed by atoms with E-state index in [-0.39, 0.29) is 0 Å². The fraction of sp³-hybridized carbons (Fsp3) is 0.182. The molecule has 0 unspecified atom stereocenters. The van der Waals surface area contributed by atoms with Crippen LogP contribution in [0.4, 0.5) is 11.5 Å². The quantitative estimate of drug-likeness (QED) is 0.808. The molecule has 0 saturated carbocycles. The minimum Gasteiger partial charge on any atom is -0.397 e. The summed E-state index contributed by atoms with van der Waals surface area (Å²) in [6, 6.07) is 3.77. The summed E-state index contributed by atoms with van der Waals surface area (Å²) in [7, 11) is 0. The van der Waals surface area contributed by atoms with Crippen LogP contribution >= 0.6 is 0 Å². The van der Waals surface area contributed by atoms with Crippen molar-refractivity contribution in [2.75, 3.05) is 11.1 Å². The molecule has 0 fully saturated rings. The summed E-state index contributed by atoms with van der Waals surface area (Å²) in [4.78, 5) is 12.1. The van der Waals surface area contributed by atoms with Gasteiger partial charge in [0.1, 0.15) is 12.1 Å². The number of nitrogen functional groups attached to an aromatic ring is 1. The normalized spacial score (nSPS) is 10.1. The molecule has 2 aromatic heterocycles. The topological polar surface area (TPSA) is 76.7 Å². The van der Waals surface area contributed by atoms with Gasteiger partial charge >= 0.3 is 0 Å². The maximum atomic E-state index is 5.69. The molecule has 3 N–H and O–H groups in total. The van der Waals surface area contributed by atoms with Gasteiger partial charge in [0.25, 0.3) is 0 Å². The van der Waals surface area contributed by atoms with Crippen molar-refractivity contribution in [2.24, 2.45) is 0 Å². The summed E-state index contributed by atoms with van der Waals surface area (Å²) in [6.45, 7) is 2.58. The van der Waals surface area contributed by atoms with Crippen molar-refractivity contribution in [1.29, 1.82) is 0 Å². The first-order chi connectivity index (χ1) is 7.75. The number of anilines is 2. The van der Waals surface area contributed by atoms with Crippen LogP contribution in [0.15, 0.2) is 30.9 Å². The Morgan fingerprint density at radius 1 is 1.38 bits per heavy atom. The van der Waals surface area contributed by atoms with E-state index in [0.29, 0.717) is 12.2 Å². The van der Waals surface area contributed by atoms with Gasteiger partial charge in [0, 0.05) is 6.20 Å². The standard InChI is InChI=1S/C11H13N5/c1-8-4-11(15-6-10(8)12)14-5-9-2-3-13-7-16-9/h2-4,6-7H,5,12H2,1H3,(H,14,15). The monoisotopic (exact) mass is 215 g/mol. The molecule has 0 atom stereocenters. The number of nitrogens with one attached hydrogen (secondary N) is 1. The van der Waals surface area contributed by atoms with Gasteiger partial charge in [-0.1, -0.05) is 0 Å². The molecule has 2 rings (SSSR count). The second kappa shape index (κ2) is 4.57. The van der Waals surface area contributed by atoms with E-state index in [1.807, 2.05) is 19.1 Å². The Morgan fingerprint density at radius 2 is 2.25 bits per heavy atom. The average Bonchev–Trinajstić information content (AvgIpc) is 2.32. The molecule has 0 aromatic carbocycles. The molecule has 0 aliphatic rings.